The van der Waals surface area contributed by atoms with Crippen LogP contribution in [0, 0.1) is 23.7 Å². The van der Waals surface area contributed by atoms with Gasteiger partial charge in [0.25, 0.3) is 5.56 Å². The zero-order chi connectivity index (χ0) is 59.2. The van der Waals surface area contributed by atoms with Crippen molar-refractivity contribution in [2.75, 3.05) is 53.7 Å². The van der Waals surface area contributed by atoms with Crippen molar-refractivity contribution in [3.05, 3.63) is 145 Å². The number of carbonyl (C=O) groups is 4. The quantitative estimate of drug-likeness (QED) is 0.0551. The zero-order valence-electron chi connectivity index (χ0n) is 48.5. The van der Waals surface area contributed by atoms with E-state index in [0.29, 0.717) is 85.1 Å². The minimum Gasteiger partial charge on any atom is -0.493 e. The predicted octanol–water partition coefficient (Wildman–Crippen LogP) is 9.74. The van der Waals surface area contributed by atoms with Crippen molar-refractivity contribution in [3.8, 4) is 28.7 Å². The maximum Gasteiger partial charge on any atom is 0.330 e. The first kappa shape index (κ1) is 61.9. The summed E-state index contributed by atoms with van der Waals surface area (Å²) in [5.74, 6) is 1.97. The molecule has 1 saturated heterocycles. The molecule has 2 aliphatic heterocycles. The molecule has 4 aromatic carbocycles. The first-order chi connectivity index (χ1) is 40.0. The number of aliphatic carboxylic acids is 2. The van der Waals surface area contributed by atoms with E-state index in [4.69, 9.17) is 35.3 Å². The Kier molecular flexibility index (Phi) is 21.9. The fraction of sp³-hybridized carbons (Fsp3) is 0.500. The highest BCUT2D eigenvalue weighted by Gasteiger charge is 2.32. The molecule has 9 rings (SSSR count). The van der Waals surface area contributed by atoms with E-state index >= 15 is 0 Å². The van der Waals surface area contributed by atoms with Crippen molar-refractivity contribution in [2.45, 2.75) is 123 Å². The summed E-state index contributed by atoms with van der Waals surface area (Å²) in [6, 6.07) is 27.7. The second-order valence-corrected chi connectivity index (χ2v) is 22.9. The molecular formula is C64H80ClN5O13. The fourth-order valence-electron chi connectivity index (χ4n) is 11.9. The van der Waals surface area contributed by atoms with Gasteiger partial charge in [0.1, 0.15) is 19.0 Å². The average molecular weight is 1160 g/mol. The normalized spacial score (nSPS) is 19.5. The van der Waals surface area contributed by atoms with E-state index in [1.807, 2.05) is 60.7 Å². The van der Waals surface area contributed by atoms with E-state index < -0.39 is 17.6 Å². The number of nitrogens with zero attached hydrogens (tertiary/aromatic N) is 5. The van der Waals surface area contributed by atoms with Crippen LogP contribution in [0.1, 0.15) is 124 Å². The number of methoxy groups -OCH3 is 2. The number of imide groups is 1. The SMILES string of the molecule is COc1cc(CN(C[C@H]2CC[C@H](C(=O)O)CC2)C(C)c2ccc3c(c2)CCO3)ccc1OCCN1C(=O)CCCC1=O.COc1cc(CN(C[C@H]2CC[C@H](C(=O)O)CC2)[C@@H](C)c2ccc(Cl)cc2)ccc1OCCn1c(=O)ccn(C)c1=O. The Labute approximate surface area is 490 Å². The topological polar surface area (TPSA) is 209 Å². The molecule has 3 fully saturated rings. The molecule has 4 aliphatic rings. The standard InChI is InChI=1S/C33H42N2O7.C31H38ClN3O6/c1-22(26-11-13-28-27(19-26)14-16-41-28)34(20-23-6-9-25(10-7-23)33(38)39)21-24-8-12-29(30(18-24)40-2)42-17-15-35-31(36)4-3-5-32(35)37;1-21(24-9-11-26(32)12-10-24)34(19-22-4-7-25(8-5-22)30(37)38)20-23-6-13-27(28(18-23)40-3)41-17-16-35-29(36)14-15-33(2)31(35)39/h8,11-13,18-19,22-23,25H,3-7,9-10,14-17,20-21H2,1-2H3,(H,38,39);6,9-15,18,21-22,25H,4-5,7-8,16-17,19-20H2,1-3H3,(H,37,38)/t22?,23-,25-;21-,22-,25-/m.0/s1. The number of carbonyl (C=O) groups excluding carboxylic acids is 2. The van der Waals surface area contributed by atoms with Crippen molar-refractivity contribution in [1.29, 1.82) is 0 Å². The zero-order valence-corrected chi connectivity index (χ0v) is 49.2. The van der Waals surface area contributed by atoms with Gasteiger partial charge in [0, 0.05) is 81.9 Å². The molecule has 5 aromatic rings. The van der Waals surface area contributed by atoms with Crippen LogP contribution in [0.25, 0.3) is 0 Å². The van der Waals surface area contributed by atoms with E-state index in [1.54, 1.807) is 21.3 Å². The number of piperidine rings is 1. The van der Waals surface area contributed by atoms with Crippen LogP contribution in [0.15, 0.2) is 101 Å². The van der Waals surface area contributed by atoms with Gasteiger partial charge in [0.05, 0.1) is 45.8 Å². The molecule has 0 spiro atoms. The minimum atomic E-state index is -0.692. The van der Waals surface area contributed by atoms with Crippen molar-refractivity contribution in [2.24, 2.45) is 30.7 Å². The molecule has 2 saturated carbocycles. The summed E-state index contributed by atoms with van der Waals surface area (Å²) in [6.07, 6.45) is 10.3. The Morgan fingerprint density at radius 3 is 1.66 bits per heavy atom. The Morgan fingerprint density at radius 2 is 1.14 bits per heavy atom. The van der Waals surface area contributed by atoms with Gasteiger partial charge in [-0.05, 0) is 154 Å². The maximum atomic E-state index is 12.3. The molecule has 1 aromatic heterocycles. The fourth-order valence-corrected chi connectivity index (χ4v) is 12.0. The van der Waals surface area contributed by atoms with E-state index in [-0.39, 0.29) is 67.6 Å². The number of hydrogen-bond donors (Lipinski definition) is 2. The second-order valence-electron chi connectivity index (χ2n) is 22.5. The van der Waals surface area contributed by atoms with Crippen LogP contribution in [0.3, 0.4) is 0 Å². The number of amides is 2. The number of carboxylic acid groups (broad SMARTS) is 2. The van der Waals surface area contributed by atoms with Gasteiger partial charge in [-0.1, -0.05) is 48.0 Å². The van der Waals surface area contributed by atoms with Gasteiger partial charge < -0.3 is 38.5 Å². The van der Waals surface area contributed by atoms with Crippen LogP contribution in [0.2, 0.25) is 5.02 Å². The number of hydrogen-bond acceptors (Lipinski definition) is 13. The number of halogens is 1. The Morgan fingerprint density at radius 1 is 0.639 bits per heavy atom. The molecule has 2 aliphatic carbocycles. The summed E-state index contributed by atoms with van der Waals surface area (Å²) in [5, 5.41) is 19.6. The minimum absolute atomic E-state index is 0.109. The third-order valence-electron chi connectivity index (χ3n) is 17.0. The molecule has 2 atom stereocenters. The molecule has 0 radical (unpaired) electrons. The van der Waals surface area contributed by atoms with Gasteiger partial charge in [0.15, 0.2) is 23.0 Å². The van der Waals surface area contributed by atoms with Crippen LogP contribution >= 0.6 is 11.6 Å². The van der Waals surface area contributed by atoms with Crippen LogP contribution < -0.4 is 34.9 Å². The lowest BCUT2D eigenvalue weighted by Gasteiger charge is -2.35. The van der Waals surface area contributed by atoms with E-state index in [9.17, 15) is 39.0 Å². The molecule has 2 N–H and O–H groups in total. The van der Waals surface area contributed by atoms with Gasteiger partial charge in [0.2, 0.25) is 11.8 Å². The number of likely N-dealkylation sites (tertiary alicyclic amines) is 1. The molecule has 1 unspecified atom stereocenters. The number of ether oxygens (including phenoxy) is 5. The number of aromatic nitrogens is 2. The van der Waals surface area contributed by atoms with Gasteiger partial charge in [-0.3, -0.25) is 43.2 Å². The summed E-state index contributed by atoms with van der Waals surface area (Å²) >= 11 is 6.14. The molecule has 446 valence electrons. The third-order valence-corrected chi connectivity index (χ3v) is 17.3. The Hall–Kier alpha value is -7.15. The van der Waals surface area contributed by atoms with Crippen molar-refractivity contribution in [3.63, 3.8) is 0 Å². The molecule has 19 heteroatoms. The lowest BCUT2D eigenvalue weighted by Crippen LogP contribution is -2.42. The number of rotatable bonds is 24. The predicted molar refractivity (Wildman–Crippen MR) is 314 cm³/mol. The van der Waals surface area contributed by atoms with Gasteiger partial charge in [-0.25, -0.2) is 4.79 Å². The summed E-state index contributed by atoms with van der Waals surface area (Å²) < 4.78 is 31.4. The monoisotopic (exact) mass is 1160 g/mol. The summed E-state index contributed by atoms with van der Waals surface area (Å²) in [7, 11) is 4.79. The van der Waals surface area contributed by atoms with E-state index in [2.05, 4.69) is 41.8 Å². The van der Waals surface area contributed by atoms with Gasteiger partial charge in [-0.15, -0.1) is 0 Å². The molecule has 3 heterocycles. The van der Waals surface area contributed by atoms with Crippen molar-refractivity contribution >= 4 is 35.4 Å². The Balaban J connectivity index is 0.000000217. The molecule has 0 bridgehead atoms. The highest BCUT2D eigenvalue weighted by molar-refractivity contribution is 6.30. The molecule has 2 amide bonds. The van der Waals surface area contributed by atoms with Crippen molar-refractivity contribution in [1.82, 2.24) is 23.8 Å². The van der Waals surface area contributed by atoms with Crippen LogP contribution in [0.5, 0.6) is 28.7 Å². The van der Waals surface area contributed by atoms with Crippen LogP contribution in [0.4, 0.5) is 0 Å². The number of fused-ring (bicyclic) bond motifs is 1. The summed E-state index contributed by atoms with van der Waals surface area (Å²) in [5.41, 5.74) is 5.01. The number of benzene rings is 4. The second kappa shape index (κ2) is 29.4. The first-order valence-electron chi connectivity index (χ1n) is 29.1. The maximum absolute atomic E-state index is 12.3. The molecule has 83 heavy (non-hydrogen) atoms. The largest absolute Gasteiger partial charge is 0.493 e. The third kappa shape index (κ3) is 16.6. The number of carboxylic acids is 2. The van der Waals surface area contributed by atoms with Gasteiger partial charge >= 0.3 is 17.6 Å². The Bertz CT molecular complexity index is 3130. The lowest BCUT2D eigenvalue weighted by atomic mass is 9.81. The van der Waals surface area contributed by atoms with E-state index in [1.165, 1.54) is 32.9 Å². The highest BCUT2D eigenvalue weighted by atomic mass is 35.5. The highest BCUT2D eigenvalue weighted by Crippen LogP contribution is 2.38. The smallest absolute Gasteiger partial charge is 0.330 e. The van der Waals surface area contributed by atoms with Crippen LogP contribution in [-0.4, -0.2) is 111 Å². The lowest BCUT2D eigenvalue weighted by molar-refractivity contribution is -0.148. The van der Waals surface area contributed by atoms with E-state index in [0.717, 1.165) is 91.6 Å². The molecular weight excluding hydrogens is 1080 g/mol. The number of aryl methyl sites for hydroxylation is 1. The summed E-state index contributed by atoms with van der Waals surface area (Å²) in [4.78, 5) is 77.7. The summed E-state index contributed by atoms with van der Waals surface area (Å²) in [6.45, 7) is 8.90. The average Bonchev–Trinajstić information content (AvgIpc) is 4.16. The van der Waals surface area contributed by atoms with Gasteiger partial charge in [-0.2, -0.15) is 0 Å². The van der Waals surface area contributed by atoms with Crippen molar-refractivity contribution < 1.29 is 53.1 Å². The van der Waals surface area contributed by atoms with Crippen LogP contribution in [-0.2, 0) is 52.3 Å². The first-order valence-corrected chi connectivity index (χ1v) is 29.5. The molecule has 18 nitrogen and oxygen atoms in total.